The third-order valence-corrected chi connectivity index (χ3v) is 5.19. The van der Waals surface area contributed by atoms with Crippen molar-refractivity contribution in [1.29, 1.82) is 0 Å². The van der Waals surface area contributed by atoms with Crippen LogP contribution in [0.3, 0.4) is 0 Å². The molecule has 0 aliphatic carbocycles. The van der Waals surface area contributed by atoms with Crippen molar-refractivity contribution in [1.82, 2.24) is 9.88 Å². The van der Waals surface area contributed by atoms with Gasteiger partial charge < -0.3 is 14.6 Å². The van der Waals surface area contributed by atoms with Crippen LogP contribution >= 0.6 is 15.9 Å². The van der Waals surface area contributed by atoms with Crippen molar-refractivity contribution in [3.05, 3.63) is 69.8 Å². The predicted octanol–water partition coefficient (Wildman–Crippen LogP) is 4.80. The van der Waals surface area contributed by atoms with Crippen molar-refractivity contribution < 1.29 is 9.53 Å². The number of aryl methyl sites for hydroxylation is 1. The Balaban J connectivity index is 1.78. The van der Waals surface area contributed by atoms with Crippen LogP contribution in [0.1, 0.15) is 35.5 Å². The largest absolute Gasteiger partial charge is 0.374 e. The minimum absolute atomic E-state index is 0.102. The minimum Gasteiger partial charge on any atom is -0.374 e. The number of para-hydroxylation sites is 1. The standard InChI is InChI=1S/C21H23BrN2O2/c1-14(2)26-13-16-9-5-4-8-15(16)12-23-21(25)20-19(22)17-10-6-7-11-18(17)24(20)3/h4-11,14H,12-13H2,1-3H3,(H,23,25). The van der Waals surface area contributed by atoms with Gasteiger partial charge in [0.15, 0.2) is 0 Å². The maximum absolute atomic E-state index is 12.8. The van der Waals surface area contributed by atoms with Crippen LogP contribution in [-0.2, 0) is 24.9 Å². The topological polar surface area (TPSA) is 43.3 Å². The molecule has 26 heavy (non-hydrogen) atoms. The first-order valence-electron chi connectivity index (χ1n) is 8.68. The molecule has 3 aromatic rings. The fourth-order valence-electron chi connectivity index (χ4n) is 2.99. The molecule has 0 aliphatic heterocycles. The molecule has 3 rings (SSSR count). The van der Waals surface area contributed by atoms with Gasteiger partial charge in [0.2, 0.25) is 0 Å². The van der Waals surface area contributed by atoms with Crippen LogP contribution in [0.25, 0.3) is 10.9 Å². The number of halogens is 1. The molecule has 0 bridgehead atoms. The van der Waals surface area contributed by atoms with Gasteiger partial charge in [0.05, 0.1) is 17.2 Å². The van der Waals surface area contributed by atoms with Gasteiger partial charge in [-0.25, -0.2) is 0 Å². The number of benzene rings is 2. The van der Waals surface area contributed by atoms with Crippen molar-refractivity contribution in [2.45, 2.75) is 33.1 Å². The Labute approximate surface area is 162 Å². The summed E-state index contributed by atoms with van der Waals surface area (Å²) in [6.07, 6.45) is 0.171. The number of carbonyl (C=O) groups excluding carboxylic acids is 1. The Morgan fingerprint density at radius 3 is 2.46 bits per heavy atom. The fraction of sp³-hybridized carbons (Fsp3) is 0.286. The zero-order valence-corrected chi connectivity index (χ0v) is 16.8. The van der Waals surface area contributed by atoms with E-state index in [0.717, 1.165) is 26.5 Å². The van der Waals surface area contributed by atoms with Crippen molar-refractivity contribution in [3.63, 3.8) is 0 Å². The van der Waals surface area contributed by atoms with Crippen molar-refractivity contribution in [2.75, 3.05) is 0 Å². The van der Waals surface area contributed by atoms with Crippen LogP contribution in [-0.4, -0.2) is 16.6 Å². The smallest absolute Gasteiger partial charge is 0.269 e. The molecule has 1 N–H and O–H groups in total. The second-order valence-electron chi connectivity index (χ2n) is 6.55. The van der Waals surface area contributed by atoms with Crippen molar-refractivity contribution in [2.24, 2.45) is 7.05 Å². The molecule has 0 radical (unpaired) electrons. The van der Waals surface area contributed by atoms with Crippen molar-refractivity contribution in [3.8, 4) is 0 Å². The number of aromatic nitrogens is 1. The Morgan fingerprint density at radius 1 is 1.12 bits per heavy atom. The molecule has 0 atom stereocenters. The Hall–Kier alpha value is -2.11. The average Bonchev–Trinajstić information content (AvgIpc) is 2.90. The number of hydrogen-bond acceptors (Lipinski definition) is 2. The molecular formula is C21H23BrN2O2. The Kier molecular flexibility index (Phi) is 5.79. The lowest BCUT2D eigenvalue weighted by molar-refractivity contribution is 0.0651. The van der Waals surface area contributed by atoms with Crippen LogP contribution in [0.4, 0.5) is 0 Å². The highest BCUT2D eigenvalue weighted by Gasteiger charge is 2.19. The highest BCUT2D eigenvalue weighted by atomic mass is 79.9. The molecule has 0 aliphatic rings. The van der Waals surface area contributed by atoms with Gasteiger partial charge in [-0.1, -0.05) is 42.5 Å². The summed E-state index contributed by atoms with van der Waals surface area (Å²) < 4.78 is 8.46. The number of carbonyl (C=O) groups is 1. The monoisotopic (exact) mass is 414 g/mol. The molecular weight excluding hydrogens is 392 g/mol. The van der Waals surface area contributed by atoms with Crippen LogP contribution in [0.2, 0.25) is 0 Å². The van der Waals surface area contributed by atoms with Gasteiger partial charge in [0.25, 0.3) is 5.91 Å². The molecule has 1 heterocycles. The third-order valence-electron chi connectivity index (χ3n) is 4.39. The van der Waals surface area contributed by atoms with Gasteiger partial charge in [-0.3, -0.25) is 4.79 Å². The van der Waals surface area contributed by atoms with Gasteiger partial charge in [-0.2, -0.15) is 0 Å². The van der Waals surface area contributed by atoms with E-state index < -0.39 is 0 Å². The molecule has 0 saturated carbocycles. The summed E-state index contributed by atoms with van der Waals surface area (Å²) in [7, 11) is 1.91. The zero-order valence-electron chi connectivity index (χ0n) is 15.3. The Morgan fingerprint density at radius 2 is 1.77 bits per heavy atom. The molecule has 0 spiro atoms. The predicted molar refractivity (Wildman–Crippen MR) is 108 cm³/mol. The third kappa shape index (κ3) is 3.84. The van der Waals surface area contributed by atoms with E-state index in [0.29, 0.717) is 18.8 Å². The molecule has 2 aromatic carbocycles. The van der Waals surface area contributed by atoms with Crippen LogP contribution in [0.5, 0.6) is 0 Å². The number of fused-ring (bicyclic) bond motifs is 1. The quantitative estimate of drug-likeness (QED) is 0.629. The summed E-state index contributed by atoms with van der Waals surface area (Å²) in [6.45, 7) is 5.04. The zero-order chi connectivity index (χ0) is 18.7. The van der Waals surface area contributed by atoms with E-state index in [9.17, 15) is 4.79 Å². The summed E-state index contributed by atoms with van der Waals surface area (Å²) in [6, 6.07) is 16.0. The maximum Gasteiger partial charge on any atom is 0.269 e. The minimum atomic E-state index is -0.102. The van der Waals surface area contributed by atoms with E-state index in [4.69, 9.17) is 4.74 Å². The maximum atomic E-state index is 12.8. The molecule has 1 amide bonds. The van der Waals surface area contributed by atoms with E-state index in [1.165, 1.54) is 0 Å². The van der Waals surface area contributed by atoms with Gasteiger partial charge in [-0.15, -0.1) is 0 Å². The number of ether oxygens (including phenoxy) is 1. The summed E-state index contributed by atoms with van der Waals surface area (Å²) >= 11 is 3.58. The first-order chi connectivity index (χ1) is 12.5. The molecule has 0 saturated heterocycles. The summed E-state index contributed by atoms with van der Waals surface area (Å²) in [5.41, 5.74) is 3.81. The molecule has 4 nitrogen and oxygen atoms in total. The second kappa shape index (κ2) is 8.06. The first kappa shape index (κ1) is 18.7. The Bertz CT molecular complexity index is 892. The van der Waals surface area contributed by atoms with Gasteiger partial charge >= 0.3 is 0 Å². The van der Waals surface area contributed by atoms with E-state index in [1.54, 1.807) is 0 Å². The van der Waals surface area contributed by atoms with E-state index in [-0.39, 0.29) is 12.0 Å². The van der Waals surface area contributed by atoms with Crippen LogP contribution in [0.15, 0.2) is 53.0 Å². The normalized spacial score (nSPS) is 11.3. The molecule has 1 aromatic heterocycles. The molecule has 5 heteroatoms. The summed E-state index contributed by atoms with van der Waals surface area (Å²) in [5.74, 6) is -0.102. The lowest BCUT2D eigenvalue weighted by Crippen LogP contribution is -2.25. The van der Waals surface area contributed by atoms with Crippen LogP contribution in [0, 0.1) is 0 Å². The summed E-state index contributed by atoms with van der Waals surface area (Å²) in [5, 5.41) is 4.07. The first-order valence-corrected chi connectivity index (χ1v) is 9.47. The average molecular weight is 415 g/mol. The molecule has 136 valence electrons. The van der Waals surface area contributed by atoms with E-state index in [2.05, 4.69) is 21.2 Å². The number of nitrogens with zero attached hydrogens (tertiary/aromatic N) is 1. The van der Waals surface area contributed by atoms with Gasteiger partial charge in [0.1, 0.15) is 5.69 Å². The number of hydrogen-bond donors (Lipinski definition) is 1. The van der Waals surface area contributed by atoms with E-state index >= 15 is 0 Å². The lowest BCUT2D eigenvalue weighted by Gasteiger charge is -2.13. The highest BCUT2D eigenvalue weighted by Crippen LogP contribution is 2.30. The lowest BCUT2D eigenvalue weighted by atomic mass is 10.1. The molecule has 0 unspecified atom stereocenters. The number of rotatable bonds is 6. The second-order valence-corrected chi connectivity index (χ2v) is 7.34. The van der Waals surface area contributed by atoms with Crippen LogP contribution < -0.4 is 5.32 Å². The van der Waals surface area contributed by atoms with Crippen molar-refractivity contribution >= 4 is 32.7 Å². The molecule has 0 fully saturated rings. The number of amides is 1. The number of nitrogens with one attached hydrogen (secondary N) is 1. The van der Waals surface area contributed by atoms with E-state index in [1.807, 2.05) is 74.0 Å². The summed E-state index contributed by atoms with van der Waals surface area (Å²) in [4.78, 5) is 12.8. The van der Waals surface area contributed by atoms with Gasteiger partial charge in [0, 0.05) is 24.5 Å². The van der Waals surface area contributed by atoms with Gasteiger partial charge in [-0.05, 0) is 47.0 Å². The highest BCUT2D eigenvalue weighted by molar-refractivity contribution is 9.10. The fourth-order valence-corrected chi connectivity index (χ4v) is 3.77. The SMILES string of the molecule is CC(C)OCc1ccccc1CNC(=O)c1c(Br)c2ccccc2n1C.